The number of aryl methyl sites for hydroxylation is 1. The molecule has 6 heteroatoms. The molecule has 2 aromatic heterocycles. The number of hydrogen-bond acceptors (Lipinski definition) is 4. The number of imidazole rings is 1. The van der Waals surface area contributed by atoms with Crippen LogP contribution in [0.2, 0.25) is 0 Å². The molecule has 2 aromatic carbocycles. The molecule has 0 saturated heterocycles. The van der Waals surface area contributed by atoms with Gasteiger partial charge in [0.15, 0.2) is 0 Å². The normalized spacial score (nSPS) is 10.7. The second kappa shape index (κ2) is 7.56. The maximum Gasteiger partial charge on any atom is 0.258 e. The Morgan fingerprint density at radius 1 is 1.17 bits per heavy atom. The number of nitrogens with zero attached hydrogens (tertiary/aromatic N) is 5. The SMILES string of the molecule is CN(C(=O)c1ccc2c(c1)nc(Cc1ccc(C#N)cc1)n2C)c1cccnc1. The molecule has 29 heavy (non-hydrogen) atoms. The fourth-order valence-electron chi connectivity index (χ4n) is 3.28. The van der Waals surface area contributed by atoms with Crippen LogP contribution in [-0.4, -0.2) is 27.5 Å². The zero-order valence-corrected chi connectivity index (χ0v) is 16.2. The molecule has 0 N–H and O–H groups in total. The number of nitriles is 1. The van der Waals surface area contributed by atoms with E-state index in [1.54, 1.807) is 30.4 Å². The maximum atomic E-state index is 12.9. The van der Waals surface area contributed by atoms with Gasteiger partial charge in [0.05, 0.1) is 34.6 Å². The molecule has 142 valence electrons. The molecule has 2 heterocycles. The van der Waals surface area contributed by atoms with Crippen molar-refractivity contribution in [2.45, 2.75) is 6.42 Å². The third-order valence-corrected chi connectivity index (χ3v) is 5.00. The highest BCUT2D eigenvalue weighted by molar-refractivity contribution is 6.07. The van der Waals surface area contributed by atoms with Gasteiger partial charge in [0.25, 0.3) is 5.91 Å². The molecule has 4 rings (SSSR count). The van der Waals surface area contributed by atoms with Crippen molar-refractivity contribution in [1.82, 2.24) is 14.5 Å². The summed E-state index contributed by atoms with van der Waals surface area (Å²) in [5, 5.41) is 8.94. The van der Waals surface area contributed by atoms with E-state index in [-0.39, 0.29) is 5.91 Å². The molecule has 4 aromatic rings. The molecule has 1 amide bonds. The lowest BCUT2D eigenvalue weighted by atomic mass is 10.1. The Kier molecular flexibility index (Phi) is 4.80. The number of carbonyl (C=O) groups is 1. The van der Waals surface area contributed by atoms with E-state index in [4.69, 9.17) is 10.2 Å². The standard InChI is InChI=1S/C23H19N5O/c1-27(19-4-3-11-25-15-19)23(29)18-9-10-21-20(13-18)26-22(28(21)2)12-16-5-7-17(14-24)8-6-16/h3-11,13,15H,12H2,1-2H3. The zero-order chi connectivity index (χ0) is 20.4. The van der Waals surface area contributed by atoms with Crippen molar-refractivity contribution in [3.8, 4) is 6.07 Å². The van der Waals surface area contributed by atoms with E-state index in [9.17, 15) is 4.79 Å². The lowest BCUT2D eigenvalue weighted by Crippen LogP contribution is -2.26. The van der Waals surface area contributed by atoms with Gasteiger partial charge >= 0.3 is 0 Å². The third kappa shape index (κ3) is 3.58. The average Bonchev–Trinajstić information content (AvgIpc) is 3.08. The molecular weight excluding hydrogens is 362 g/mol. The predicted octanol–water partition coefficient (Wildman–Crippen LogP) is 3.71. The van der Waals surface area contributed by atoms with Crippen LogP contribution in [-0.2, 0) is 13.5 Å². The molecule has 6 nitrogen and oxygen atoms in total. The van der Waals surface area contributed by atoms with Crippen LogP contribution in [0.25, 0.3) is 11.0 Å². The van der Waals surface area contributed by atoms with Crippen molar-refractivity contribution >= 4 is 22.6 Å². The molecule has 0 aliphatic rings. The van der Waals surface area contributed by atoms with E-state index < -0.39 is 0 Å². The van der Waals surface area contributed by atoms with Crippen LogP contribution in [0.3, 0.4) is 0 Å². The predicted molar refractivity (Wildman–Crippen MR) is 112 cm³/mol. The fourth-order valence-corrected chi connectivity index (χ4v) is 3.28. The van der Waals surface area contributed by atoms with Crippen molar-refractivity contribution in [3.63, 3.8) is 0 Å². The first-order valence-corrected chi connectivity index (χ1v) is 9.19. The van der Waals surface area contributed by atoms with Gasteiger partial charge in [0, 0.05) is 32.3 Å². The minimum Gasteiger partial charge on any atom is -0.331 e. The van der Waals surface area contributed by atoms with Crippen molar-refractivity contribution in [2.75, 3.05) is 11.9 Å². The third-order valence-electron chi connectivity index (χ3n) is 5.00. The van der Waals surface area contributed by atoms with Crippen LogP contribution in [0.15, 0.2) is 67.0 Å². The van der Waals surface area contributed by atoms with E-state index in [1.165, 1.54) is 0 Å². The average molecular weight is 381 g/mol. The summed E-state index contributed by atoms with van der Waals surface area (Å²) >= 11 is 0. The van der Waals surface area contributed by atoms with Crippen LogP contribution >= 0.6 is 0 Å². The Bertz CT molecular complexity index is 1220. The number of carbonyl (C=O) groups excluding carboxylic acids is 1. The van der Waals surface area contributed by atoms with Gasteiger partial charge in [-0.3, -0.25) is 9.78 Å². The summed E-state index contributed by atoms with van der Waals surface area (Å²) in [6.45, 7) is 0. The van der Waals surface area contributed by atoms with Gasteiger partial charge in [-0.25, -0.2) is 4.98 Å². The van der Waals surface area contributed by atoms with Crippen LogP contribution in [0, 0.1) is 11.3 Å². The highest BCUT2D eigenvalue weighted by atomic mass is 16.2. The van der Waals surface area contributed by atoms with E-state index in [0.29, 0.717) is 17.5 Å². The van der Waals surface area contributed by atoms with Crippen LogP contribution in [0.1, 0.15) is 27.3 Å². The molecule has 0 aliphatic heterocycles. The summed E-state index contributed by atoms with van der Waals surface area (Å²) in [5.41, 5.74) is 4.78. The summed E-state index contributed by atoms with van der Waals surface area (Å²) < 4.78 is 2.03. The van der Waals surface area contributed by atoms with Gasteiger partial charge in [-0.15, -0.1) is 0 Å². The topological polar surface area (TPSA) is 74.8 Å². The second-order valence-corrected chi connectivity index (χ2v) is 6.85. The Morgan fingerprint density at radius 2 is 1.97 bits per heavy atom. The van der Waals surface area contributed by atoms with Crippen LogP contribution in [0.4, 0.5) is 5.69 Å². The zero-order valence-electron chi connectivity index (χ0n) is 16.2. The molecule has 0 saturated carbocycles. The summed E-state index contributed by atoms with van der Waals surface area (Å²) in [5.74, 6) is 0.786. The maximum absolute atomic E-state index is 12.9. The lowest BCUT2D eigenvalue weighted by molar-refractivity contribution is 0.0993. The van der Waals surface area contributed by atoms with Crippen LogP contribution in [0.5, 0.6) is 0 Å². The van der Waals surface area contributed by atoms with E-state index >= 15 is 0 Å². The van der Waals surface area contributed by atoms with Gasteiger partial charge < -0.3 is 9.47 Å². The highest BCUT2D eigenvalue weighted by Gasteiger charge is 2.16. The van der Waals surface area contributed by atoms with E-state index in [0.717, 1.165) is 28.1 Å². The lowest BCUT2D eigenvalue weighted by Gasteiger charge is -2.16. The number of hydrogen-bond donors (Lipinski definition) is 0. The van der Waals surface area contributed by atoms with Crippen molar-refractivity contribution < 1.29 is 4.79 Å². The molecule has 0 spiro atoms. The van der Waals surface area contributed by atoms with E-state index in [1.807, 2.05) is 60.1 Å². The number of aromatic nitrogens is 3. The van der Waals surface area contributed by atoms with E-state index in [2.05, 4.69) is 11.1 Å². The molecule has 0 aliphatic carbocycles. The van der Waals surface area contributed by atoms with Crippen molar-refractivity contribution in [3.05, 3.63) is 89.5 Å². The number of rotatable bonds is 4. The molecule has 0 radical (unpaired) electrons. The van der Waals surface area contributed by atoms with Gasteiger partial charge in [-0.2, -0.15) is 5.26 Å². The Balaban J connectivity index is 1.62. The number of fused-ring (bicyclic) bond motifs is 1. The minimum absolute atomic E-state index is 0.112. The first-order chi connectivity index (χ1) is 14.1. The second-order valence-electron chi connectivity index (χ2n) is 6.85. The monoisotopic (exact) mass is 381 g/mol. The summed E-state index contributed by atoms with van der Waals surface area (Å²) in [4.78, 5) is 23.3. The highest BCUT2D eigenvalue weighted by Crippen LogP contribution is 2.21. The van der Waals surface area contributed by atoms with Crippen LogP contribution < -0.4 is 4.90 Å². The molecule has 0 fully saturated rings. The van der Waals surface area contributed by atoms with Gasteiger partial charge in [-0.1, -0.05) is 12.1 Å². The summed E-state index contributed by atoms with van der Waals surface area (Å²) in [6, 6.07) is 18.9. The molecule has 0 unspecified atom stereocenters. The molecule has 0 bridgehead atoms. The molecule has 0 atom stereocenters. The fraction of sp³-hybridized carbons (Fsp3) is 0.130. The summed E-state index contributed by atoms with van der Waals surface area (Å²) in [6.07, 6.45) is 3.99. The van der Waals surface area contributed by atoms with Gasteiger partial charge in [0.1, 0.15) is 5.82 Å². The largest absolute Gasteiger partial charge is 0.331 e. The first-order valence-electron chi connectivity index (χ1n) is 9.19. The number of amides is 1. The Hall–Kier alpha value is -3.98. The Morgan fingerprint density at radius 3 is 2.66 bits per heavy atom. The Labute approximate surface area is 168 Å². The van der Waals surface area contributed by atoms with Crippen molar-refractivity contribution in [2.24, 2.45) is 7.05 Å². The summed E-state index contributed by atoms with van der Waals surface area (Å²) in [7, 11) is 3.70. The first kappa shape index (κ1) is 18.4. The number of anilines is 1. The molecular formula is C23H19N5O. The number of pyridine rings is 1. The van der Waals surface area contributed by atoms with Crippen molar-refractivity contribution in [1.29, 1.82) is 5.26 Å². The minimum atomic E-state index is -0.112. The smallest absolute Gasteiger partial charge is 0.258 e. The number of benzene rings is 2. The quantitative estimate of drug-likeness (QED) is 0.540. The van der Waals surface area contributed by atoms with Gasteiger partial charge in [-0.05, 0) is 48.0 Å². The van der Waals surface area contributed by atoms with Gasteiger partial charge in [0.2, 0.25) is 0 Å².